The van der Waals surface area contributed by atoms with Crippen molar-refractivity contribution >= 4 is 15.9 Å². The van der Waals surface area contributed by atoms with E-state index in [2.05, 4.69) is 28.3 Å². The molecule has 0 amide bonds. The molecule has 0 aliphatic heterocycles. The fraction of sp³-hybridized carbons (Fsp3) is 0.571. The SMILES string of the molecule is CCCC(OCC)C(Cc1ccc(Br)cc1F)NN. The van der Waals surface area contributed by atoms with Gasteiger partial charge in [0.25, 0.3) is 0 Å². The van der Waals surface area contributed by atoms with Gasteiger partial charge in [0, 0.05) is 11.1 Å². The Kier molecular flexibility index (Phi) is 7.53. The smallest absolute Gasteiger partial charge is 0.127 e. The minimum atomic E-state index is -0.221. The average Bonchev–Trinajstić information content (AvgIpc) is 2.38. The molecule has 2 atom stereocenters. The van der Waals surface area contributed by atoms with E-state index in [-0.39, 0.29) is 18.0 Å². The predicted molar refractivity (Wildman–Crippen MR) is 79.2 cm³/mol. The summed E-state index contributed by atoms with van der Waals surface area (Å²) in [6.07, 6.45) is 2.43. The second-order valence-corrected chi connectivity index (χ2v) is 5.41. The fourth-order valence-corrected chi connectivity index (χ4v) is 2.45. The van der Waals surface area contributed by atoms with E-state index >= 15 is 0 Å². The van der Waals surface area contributed by atoms with Crippen LogP contribution in [0.25, 0.3) is 0 Å². The summed E-state index contributed by atoms with van der Waals surface area (Å²) in [5, 5.41) is 0. The van der Waals surface area contributed by atoms with Gasteiger partial charge >= 0.3 is 0 Å². The lowest BCUT2D eigenvalue weighted by Crippen LogP contribution is -2.46. The number of hydrogen-bond acceptors (Lipinski definition) is 3. The highest BCUT2D eigenvalue weighted by Crippen LogP contribution is 2.19. The third kappa shape index (κ3) is 5.18. The van der Waals surface area contributed by atoms with E-state index in [4.69, 9.17) is 10.6 Å². The van der Waals surface area contributed by atoms with E-state index in [1.54, 1.807) is 6.07 Å². The Labute approximate surface area is 122 Å². The van der Waals surface area contributed by atoms with Crippen molar-refractivity contribution in [1.29, 1.82) is 0 Å². The minimum Gasteiger partial charge on any atom is -0.377 e. The number of benzene rings is 1. The largest absolute Gasteiger partial charge is 0.377 e. The van der Waals surface area contributed by atoms with Crippen LogP contribution >= 0.6 is 15.9 Å². The summed E-state index contributed by atoms with van der Waals surface area (Å²) in [5.74, 6) is 5.38. The van der Waals surface area contributed by atoms with Crippen molar-refractivity contribution in [2.45, 2.75) is 45.3 Å². The second kappa shape index (κ2) is 8.64. The standard InChI is InChI=1S/C14H22BrFN2O/c1-3-5-14(19-4-2)13(18-17)8-10-6-7-11(15)9-12(10)16/h6-7,9,13-14,18H,3-5,8,17H2,1-2H3. The quantitative estimate of drug-likeness (QED) is 0.567. The van der Waals surface area contributed by atoms with E-state index < -0.39 is 0 Å². The van der Waals surface area contributed by atoms with Crippen LogP contribution in [0.15, 0.2) is 22.7 Å². The van der Waals surface area contributed by atoms with E-state index in [1.807, 2.05) is 13.0 Å². The van der Waals surface area contributed by atoms with Gasteiger partial charge in [0.1, 0.15) is 5.82 Å². The Morgan fingerprint density at radius 1 is 1.42 bits per heavy atom. The average molecular weight is 333 g/mol. The van der Waals surface area contributed by atoms with Crippen LogP contribution in [0.3, 0.4) is 0 Å². The van der Waals surface area contributed by atoms with Crippen molar-refractivity contribution in [3.63, 3.8) is 0 Å². The van der Waals surface area contributed by atoms with Crippen LogP contribution in [0.2, 0.25) is 0 Å². The number of ether oxygens (including phenoxy) is 1. The Hall–Kier alpha value is -0.490. The first kappa shape index (κ1) is 16.6. The fourth-order valence-electron chi connectivity index (χ4n) is 2.12. The molecule has 0 aromatic heterocycles. The van der Waals surface area contributed by atoms with Gasteiger partial charge in [0.15, 0.2) is 0 Å². The maximum atomic E-state index is 13.8. The zero-order valence-corrected chi connectivity index (χ0v) is 13.0. The maximum absolute atomic E-state index is 13.8. The van der Waals surface area contributed by atoms with Crippen LogP contribution in [-0.2, 0) is 11.2 Å². The number of rotatable bonds is 8. The molecule has 0 aliphatic rings. The van der Waals surface area contributed by atoms with Gasteiger partial charge in [-0.1, -0.05) is 35.3 Å². The molecular formula is C14H22BrFN2O. The van der Waals surface area contributed by atoms with Gasteiger partial charge < -0.3 is 4.74 Å². The van der Waals surface area contributed by atoms with Crippen molar-refractivity contribution in [3.05, 3.63) is 34.1 Å². The van der Waals surface area contributed by atoms with Gasteiger partial charge in [0.05, 0.1) is 12.1 Å². The highest BCUT2D eigenvalue weighted by molar-refractivity contribution is 9.10. The lowest BCUT2D eigenvalue weighted by Gasteiger charge is -2.26. The lowest BCUT2D eigenvalue weighted by atomic mass is 9.98. The minimum absolute atomic E-state index is 0.00282. The molecule has 19 heavy (non-hydrogen) atoms. The Morgan fingerprint density at radius 3 is 2.68 bits per heavy atom. The van der Waals surface area contributed by atoms with Crippen LogP contribution < -0.4 is 11.3 Å². The first-order chi connectivity index (χ1) is 9.12. The topological polar surface area (TPSA) is 47.3 Å². The Morgan fingerprint density at radius 2 is 2.16 bits per heavy atom. The number of nitrogens with two attached hydrogens (primary N) is 1. The van der Waals surface area contributed by atoms with Crippen LogP contribution in [0.4, 0.5) is 4.39 Å². The summed E-state index contributed by atoms with van der Waals surface area (Å²) in [6, 6.07) is 4.99. The predicted octanol–water partition coefficient (Wildman–Crippen LogP) is 3.17. The van der Waals surface area contributed by atoms with Crippen molar-refractivity contribution in [2.24, 2.45) is 5.84 Å². The molecule has 0 saturated carbocycles. The number of halogens is 2. The second-order valence-electron chi connectivity index (χ2n) is 4.50. The number of nitrogens with one attached hydrogen (secondary N) is 1. The third-order valence-corrected chi connectivity index (χ3v) is 3.56. The number of hydrogen-bond donors (Lipinski definition) is 2. The van der Waals surface area contributed by atoms with E-state index in [0.717, 1.165) is 17.3 Å². The molecule has 1 aromatic carbocycles. The molecule has 5 heteroatoms. The molecular weight excluding hydrogens is 311 g/mol. The first-order valence-corrected chi connectivity index (χ1v) is 7.43. The van der Waals surface area contributed by atoms with Crippen LogP contribution in [0.1, 0.15) is 32.3 Å². The van der Waals surface area contributed by atoms with Gasteiger partial charge in [-0.2, -0.15) is 0 Å². The molecule has 0 aliphatic carbocycles. The van der Waals surface area contributed by atoms with Crippen LogP contribution in [-0.4, -0.2) is 18.8 Å². The van der Waals surface area contributed by atoms with Crippen molar-refractivity contribution in [3.8, 4) is 0 Å². The monoisotopic (exact) mass is 332 g/mol. The van der Waals surface area contributed by atoms with Gasteiger partial charge in [-0.25, -0.2) is 4.39 Å². The zero-order valence-electron chi connectivity index (χ0n) is 11.5. The Bertz CT molecular complexity index is 384. The summed E-state index contributed by atoms with van der Waals surface area (Å²) in [7, 11) is 0. The third-order valence-electron chi connectivity index (χ3n) is 3.07. The molecule has 3 N–H and O–H groups in total. The summed E-state index contributed by atoms with van der Waals surface area (Å²) >= 11 is 3.25. The molecule has 108 valence electrons. The van der Waals surface area contributed by atoms with Crippen molar-refractivity contribution < 1.29 is 9.13 Å². The Balaban J connectivity index is 2.78. The maximum Gasteiger partial charge on any atom is 0.127 e. The normalized spacial score (nSPS) is 14.4. The zero-order chi connectivity index (χ0) is 14.3. The van der Waals surface area contributed by atoms with Crippen LogP contribution in [0.5, 0.6) is 0 Å². The van der Waals surface area contributed by atoms with Crippen LogP contribution in [0, 0.1) is 5.82 Å². The molecule has 2 unspecified atom stereocenters. The molecule has 0 fully saturated rings. The van der Waals surface area contributed by atoms with E-state index in [9.17, 15) is 4.39 Å². The van der Waals surface area contributed by atoms with E-state index in [0.29, 0.717) is 18.6 Å². The summed E-state index contributed by atoms with van der Waals surface area (Å²) in [6.45, 7) is 4.68. The molecule has 0 saturated heterocycles. The van der Waals surface area contributed by atoms with Crippen molar-refractivity contribution in [1.82, 2.24) is 5.43 Å². The van der Waals surface area contributed by atoms with E-state index in [1.165, 1.54) is 6.07 Å². The van der Waals surface area contributed by atoms with Crippen molar-refractivity contribution in [2.75, 3.05) is 6.61 Å². The van der Waals surface area contributed by atoms with Gasteiger partial charge in [-0.3, -0.25) is 11.3 Å². The molecule has 0 heterocycles. The highest BCUT2D eigenvalue weighted by atomic mass is 79.9. The first-order valence-electron chi connectivity index (χ1n) is 6.64. The molecule has 0 radical (unpaired) electrons. The molecule has 0 bridgehead atoms. The molecule has 0 spiro atoms. The summed E-state index contributed by atoms with van der Waals surface area (Å²) < 4.78 is 20.3. The summed E-state index contributed by atoms with van der Waals surface area (Å²) in [5.41, 5.74) is 3.40. The van der Waals surface area contributed by atoms with Gasteiger partial charge in [-0.05, 0) is 37.5 Å². The molecule has 1 aromatic rings. The highest BCUT2D eigenvalue weighted by Gasteiger charge is 2.21. The lowest BCUT2D eigenvalue weighted by molar-refractivity contribution is 0.0280. The number of hydrazine groups is 1. The molecule has 1 rings (SSSR count). The summed E-state index contributed by atoms with van der Waals surface area (Å²) in [4.78, 5) is 0. The van der Waals surface area contributed by atoms with Gasteiger partial charge in [-0.15, -0.1) is 0 Å². The molecule has 3 nitrogen and oxygen atoms in total. The van der Waals surface area contributed by atoms with Gasteiger partial charge in [0.2, 0.25) is 0 Å².